The molecule has 3 aliphatic heterocycles. The molecule has 3 saturated heterocycles. The topological polar surface area (TPSA) is 18.5 Å². The maximum atomic E-state index is 3.77. The number of rotatable bonds is 4. The molecule has 0 radical (unpaired) electrons. The molecule has 3 heterocycles. The van der Waals surface area contributed by atoms with Crippen molar-refractivity contribution in [1.29, 1.82) is 0 Å². The molecule has 0 aromatic rings. The first kappa shape index (κ1) is 11.7. The molecule has 3 unspecified atom stereocenters. The van der Waals surface area contributed by atoms with Gasteiger partial charge in [-0.1, -0.05) is 0 Å². The normalized spacial score (nSPS) is 41.7. The quantitative estimate of drug-likeness (QED) is 0.806. The average molecular weight is 249 g/mol. The van der Waals surface area contributed by atoms with Crippen LogP contribution in [0.3, 0.4) is 0 Å². The molecule has 4 fully saturated rings. The lowest BCUT2D eigenvalue weighted by atomic mass is 9.88. The summed E-state index contributed by atoms with van der Waals surface area (Å²) in [7, 11) is 0. The van der Waals surface area contributed by atoms with Gasteiger partial charge in [-0.05, 0) is 43.9 Å². The van der Waals surface area contributed by atoms with Crippen LogP contribution in [0.2, 0.25) is 0 Å². The van der Waals surface area contributed by atoms with Crippen LogP contribution in [0.25, 0.3) is 0 Å². The van der Waals surface area contributed by atoms with Gasteiger partial charge in [0.25, 0.3) is 0 Å². The predicted octanol–water partition coefficient (Wildman–Crippen LogP) is 1.15. The Balaban J connectivity index is 1.22. The minimum absolute atomic E-state index is 0.861. The maximum Gasteiger partial charge on any atom is 0.0111 e. The van der Waals surface area contributed by atoms with Gasteiger partial charge in [-0.25, -0.2) is 0 Å². The lowest BCUT2D eigenvalue weighted by Crippen LogP contribution is -2.49. The van der Waals surface area contributed by atoms with E-state index in [1.807, 2.05) is 0 Å². The van der Waals surface area contributed by atoms with Crippen LogP contribution >= 0.6 is 0 Å². The van der Waals surface area contributed by atoms with Crippen LogP contribution < -0.4 is 5.32 Å². The van der Waals surface area contributed by atoms with Gasteiger partial charge in [0, 0.05) is 51.4 Å². The van der Waals surface area contributed by atoms with Crippen molar-refractivity contribution in [3.05, 3.63) is 0 Å². The van der Waals surface area contributed by atoms with Crippen molar-refractivity contribution >= 4 is 0 Å². The van der Waals surface area contributed by atoms with Crippen molar-refractivity contribution < 1.29 is 0 Å². The molecule has 1 saturated carbocycles. The highest BCUT2D eigenvalue weighted by Crippen LogP contribution is 2.34. The van der Waals surface area contributed by atoms with Gasteiger partial charge < -0.3 is 15.1 Å². The third-order valence-corrected chi connectivity index (χ3v) is 5.60. The second-order valence-corrected chi connectivity index (χ2v) is 7.09. The molecule has 1 N–H and O–H groups in total. The van der Waals surface area contributed by atoms with Crippen molar-refractivity contribution in [1.82, 2.24) is 15.1 Å². The Morgan fingerprint density at radius 1 is 0.833 bits per heavy atom. The van der Waals surface area contributed by atoms with E-state index in [0.717, 1.165) is 23.9 Å². The fraction of sp³-hybridized carbons (Fsp3) is 1.00. The molecule has 18 heavy (non-hydrogen) atoms. The molecule has 2 bridgehead atoms. The minimum atomic E-state index is 0.861. The van der Waals surface area contributed by atoms with Gasteiger partial charge in [-0.15, -0.1) is 0 Å². The van der Waals surface area contributed by atoms with E-state index in [2.05, 4.69) is 15.1 Å². The zero-order valence-electron chi connectivity index (χ0n) is 11.5. The summed E-state index contributed by atoms with van der Waals surface area (Å²) in [5.74, 6) is 2.02. The molecule has 0 aromatic heterocycles. The van der Waals surface area contributed by atoms with Gasteiger partial charge in [0.05, 0.1) is 0 Å². The number of fused-ring (bicyclic) bond motifs is 2. The van der Waals surface area contributed by atoms with Crippen LogP contribution in [0.15, 0.2) is 0 Å². The van der Waals surface area contributed by atoms with Crippen LogP contribution in [-0.4, -0.2) is 61.2 Å². The Bertz CT molecular complexity index is 294. The lowest BCUT2D eigenvalue weighted by Gasteiger charge is -2.37. The molecule has 3 heteroatoms. The monoisotopic (exact) mass is 249 g/mol. The molecule has 0 spiro atoms. The van der Waals surface area contributed by atoms with Crippen molar-refractivity contribution in [2.24, 2.45) is 11.8 Å². The van der Waals surface area contributed by atoms with Crippen molar-refractivity contribution in [3.8, 4) is 0 Å². The standard InChI is InChI=1S/C15H27N3/c1-2-12(1)10-17-5-7-18(8-6-17)11-13-9-14-3-4-15(13)16-14/h12-16H,1-11H2. The summed E-state index contributed by atoms with van der Waals surface area (Å²) < 4.78 is 0. The Labute approximate surface area is 111 Å². The van der Waals surface area contributed by atoms with Gasteiger partial charge in [0.2, 0.25) is 0 Å². The van der Waals surface area contributed by atoms with Gasteiger partial charge >= 0.3 is 0 Å². The second-order valence-electron chi connectivity index (χ2n) is 7.09. The van der Waals surface area contributed by atoms with Crippen LogP contribution in [-0.2, 0) is 0 Å². The number of nitrogens with zero attached hydrogens (tertiary/aromatic N) is 2. The van der Waals surface area contributed by atoms with Crippen LogP contribution in [0.5, 0.6) is 0 Å². The van der Waals surface area contributed by atoms with Crippen LogP contribution in [0, 0.1) is 11.8 Å². The lowest BCUT2D eigenvalue weighted by molar-refractivity contribution is 0.109. The SMILES string of the molecule is C1CC1CN1CCN(CC2CC3CCC2N3)CC1. The molecule has 4 rings (SSSR count). The molecule has 0 aromatic carbocycles. The molecular weight excluding hydrogens is 222 g/mol. The zero-order valence-corrected chi connectivity index (χ0v) is 11.5. The highest BCUT2D eigenvalue weighted by molar-refractivity contribution is 4.98. The second kappa shape index (κ2) is 4.77. The molecule has 102 valence electrons. The van der Waals surface area contributed by atoms with E-state index in [1.165, 1.54) is 71.4 Å². The first-order chi connectivity index (χ1) is 8.87. The number of hydrogen-bond acceptors (Lipinski definition) is 3. The molecule has 4 aliphatic rings. The van der Waals surface area contributed by atoms with E-state index >= 15 is 0 Å². The highest BCUT2D eigenvalue weighted by Gasteiger charge is 2.39. The van der Waals surface area contributed by atoms with Gasteiger partial charge in [-0.2, -0.15) is 0 Å². The summed E-state index contributed by atoms with van der Waals surface area (Å²) in [6.45, 7) is 8.05. The Kier molecular flexibility index (Phi) is 3.10. The molecular formula is C15H27N3. The van der Waals surface area contributed by atoms with Crippen molar-refractivity contribution in [2.75, 3.05) is 39.3 Å². The average Bonchev–Trinajstić information content (AvgIpc) is 2.96. The number of hydrogen-bond donors (Lipinski definition) is 1. The Morgan fingerprint density at radius 3 is 2.11 bits per heavy atom. The van der Waals surface area contributed by atoms with Gasteiger partial charge in [-0.3, -0.25) is 0 Å². The van der Waals surface area contributed by atoms with E-state index in [0.29, 0.717) is 0 Å². The molecule has 0 amide bonds. The van der Waals surface area contributed by atoms with Crippen LogP contribution in [0.1, 0.15) is 32.1 Å². The summed E-state index contributed by atoms with van der Waals surface area (Å²) in [4.78, 5) is 5.43. The Hall–Kier alpha value is -0.120. The van der Waals surface area contributed by atoms with E-state index in [-0.39, 0.29) is 0 Å². The van der Waals surface area contributed by atoms with E-state index in [4.69, 9.17) is 0 Å². The summed E-state index contributed by atoms with van der Waals surface area (Å²) in [6, 6.07) is 1.73. The zero-order chi connectivity index (χ0) is 11.9. The minimum Gasteiger partial charge on any atom is -0.311 e. The Morgan fingerprint density at radius 2 is 1.56 bits per heavy atom. The van der Waals surface area contributed by atoms with Crippen molar-refractivity contribution in [2.45, 2.75) is 44.2 Å². The summed E-state index contributed by atoms with van der Waals surface area (Å²) >= 11 is 0. The van der Waals surface area contributed by atoms with Gasteiger partial charge in [0.15, 0.2) is 0 Å². The predicted molar refractivity (Wildman–Crippen MR) is 73.7 cm³/mol. The molecule has 1 aliphatic carbocycles. The third kappa shape index (κ3) is 2.45. The first-order valence-electron chi connectivity index (χ1n) is 8.07. The summed E-state index contributed by atoms with van der Waals surface area (Å²) in [5.41, 5.74) is 0. The fourth-order valence-corrected chi connectivity index (χ4v) is 4.29. The smallest absolute Gasteiger partial charge is 0.0111 e. The fourth-order valence-electron chi connectivity index (χ4n) is 4.29. The van der Waals surface area contributed by atoms with E-state index in [1.54, 1.807) is 0 Å². The summed E-state index contributed by atoms with van der Waals surface area (Å²) in [6.07, 6.45) is 7.33. The van der Waals surface area contributed by atoms with Crippen LogP contribution in [0.4, 0.5) is 0 Å². The number of piperazine rings is 1. The van der Waals surface area contributed by atoms with E-state index in [9.17, 15) is 0 Å². The highest BCUT2D eigenvalue weighted by atomic mass is 15.3. The van der Waals surface area contributed by atoms with Crippen molar-refractivity contribution in [3.63, 3.8) is 0 Å². The molecule has 3 nitrogen and oxygen atoms in total. The summed E-state index contributed by atoms with van der Waals surface area (Å²) in [5, 5.41) is 3.77. The largest absolute Gasteiger partial charge is 0.311 e. The third-order valence-electron chi connectivity index (χ3n) is 5.60. The van der Waals surface area contributed by atoms with Gasteiger partial charge in [0.1, 0.15) is 0 Å². The molecule has 3 atom stereocenters. The number of nitrogens with one attached hydrogen (secondary N) is 1. The van der Waals surface area contributed by atoms with E-state index < -0.39 is 0 Å². The first-order valence-corrected chi connectivity index (χ1v) is 8.07. The maximum absolute atomic E-state index is 3.77.